The molecule has 0 atom stereocenters. The van der Waals surface area contributed by atoms with Crippen LogP contribution < -0.4 is 11.1 Å². The molecule has 2 rings (SSSR count). The number of aryl methyl sites for hydroxylation is 2. The molecule has 1 amide bonds. The average Bonchev–Trinajstić information content (AvgIpc) is 2.41. The van der Waals surface area contributed by atoms with Crippen LogP contribution in [0.5, 0.6) is 0 Å². The number of nitrogens with zero attached hydrogens (tertiary/aromatic N) is 1. The molecule has 5 heteroatoms. The molecular weight excluding hydrogens is 270 g/mol. The lowest BCUT2D eigenvalue weighted by Gasteiger charge is -2.09. The molecule has 0 radical (unpaired) electrons. The summed E-state index contributed by atoms with van der Waals surface area (Å²) in [4.78, 5) is 16.8. The average molecular weight is 287 g/mol. The maximum atomic E-state index is 11.9. The first kappa shape index (κ1) is 14.4. The number of nitrogen functional groups attached to an aromatic ring is 1. The highest BCUT2D eigenvalue weighted by Gasteiger charge is 2.06. The van der Waals surface area contributed by atoms with Gasteiger partial charge in [-0.25, -0.2) is 4.98 Å². The fraction of sp³-hybridized carbons (Fsp3) is 0.200. The molecule has 0 aliphatic heterocycles. The predicted octanol–water partition coefficient (Wildman–Crippen LogP) is 3.01. The summed E-state index contributed by atoms with van der Waals surface area (Å²) < 4.78 is 0. The Morgan fingerprint density at radius 3 is 2.75 bits per heavy atom. The van der Waals surface area contributed by atoms with E-state index in [9.17, 15) is 4.79 Å². The minimum atomic E-state index is -0.0289. The molecule has 104 valence electrons. The topological polar surface area (TPSA) is 68.0 Å². The Balaban J connectivity index is 1.90. The van der Waals surface area contributed by atoms with E-state index in [2.05, 4.69) is 10.3 Å². The van der Waals surface area contributed by atoms with Crippen LogP contribution in [0.15, 0.2) is 41.4 Å². The van der Waals surface area contributed by atoms with Gasteiger partial charge in [-0.2, -0.15) is 0 Å². The maximum Gasteiger partial charge on any atom is 0.234 e. The van der Waals surface area contributed by atoms with Gasteiger partial charge < -0.3 is 11.1 Å². The number of benzene rings is 1. The summed E-state index contributed by atoms with van der Waals surface area (Å²) in [5, 5.41) is 2.91. The van der Waals surface area contributed by atoms with Gasteiger partial charge in [0.25, 0.3) is 0 Å². The largest absolute Gasteiger partial charge is 0.384 e. The van der Waals surface area contributed by atoms with Gasteiger partial charge in [0.1, 0.15) is 5.82 Å². The van der Waals surface area contributed by atoms with Crippen molar-refractivity contribution in [2.75, 3.05) is 16.8 Å². The number of nitrogens with two attached hydrogens (primary N) is 1. The minimum absolute atomic E-state index is 0.0289. The third kappa shape index (κ3) is 3.99. The zero-order chi connectivity index (χ0) is 14.5. The first-order chi connectivity index (χ1) is 9.54. The predicted molar refractivity (Wildman–Crippen MR) is 83.9 cm³/mol. The van der Waals surface area contributed by atoms with Gasteiger partial charge in [-0.05, 0) is 37.6 Å². The lowest BCUT2D eigenvalue weighted by atomic mass is 10.1. The van der Waals surface area contributed by atoms with Gasteiger partial charge in [-0.15, -0.1) is 11.8 Å². The second-order valence-corrected chi connectivity index (χ2v) is 5.62. The molecule has 0 spiro atoms. The van der Waals surface area contributed by atoms with E-state index in [0.717, 1.165) is 16.1 Å². The Hall–Kier alpha value is -2.01. The number of thioether (sulfide) groups is 1. The Kier molecular flexibility index (Phi) is 4.63. The normalized spacial score (nSPS) is 10.3. The van der Waals surface area contributed by atoms with Crippen LogP contribution >= 0.6 is 11.8 Å². The van der Waals surface area contributed by atoms with Crippen molar-refractivity contribution in [3.63, 3.8) is 0 Å². The van der Waals surface area contributed by atoms with E-state index >= 15 is 0 Å². The van der Waals surface area contributed by atoms with E-state index in [4.69, 9.17) is 5.73 Å². The number of carbonyl (C=O) groups is 1. The second kappa shape index (κ2) is 6.43. The summed E-state index contributed by atoms with van der Waals surface area (Å²) in [5.41, 5.74) is 8.62. The standard InChI is InChI=1S/C15H17N3OS/c1-10-3-5-13(11(2)7-10)18-15(19)9-20-12-4-6-14(16)17-8-12/h3-8H,9H2,1-2H3,(H2,16,17)(H,18,19). The molecular formula is C15H17N3OS. The van der Waals surface area contributed by atoms with Crippen LogP contribution in [0.3, 0.4) is 0 Å². The number of nitrogens with one attached hydrogen (secondary N) is 1. The molecule has 2 aromatic rings. The van der Waals surface area contributed by atoms with Crippen LogP contribution in [-0.2, 0) is 4.79 Å². The fourth-order valence-corrected chi connectivity index (χ4v) is 2.43. The zero-order valence-corrected chi connectivity index (χ0v) is 12.3. The number of hydrogen-bond acceptors (Lipinski definition) is 4. The molecule has 3 N–H and O–H groups in total. The maximum absolute atomic E-state index is 11.9. The number of aromatic nitrogens is 1. The number of pyridine rings is 1. The van der Waals surface area contributed by atoms with Crippen LogP contribution in [0.2, 0.25) is 0 Å². The molecule has 1 aromatic carbocycles. The van der Waals surface area contributed by atoms with Gasteiger partial charge in [0.05, 0.1) is 5.75 Å². The Morgan fingerprint density at radius 1 is 1.30 bits per heavy atom. The highest BCUT2D eigenvalue weighted by atomic mass is 32.2. The third-order valence-electron chi connectivity index (χ3n) is 2.79. The molecule has 0 fully saturated rings. The fourth-order valence-electron chi connectivity index (χ4n) is 1.77. The zero-order valence-electron chi connectivity index (χ0n) is 11.5. The van der Waals surface area contributed by atoms with Crippen molar-refractivity contribution in [3.05, 3.63) is 47.7 Å². The van der Waals surface area contributed by atoms with Crippen LogP contribution in [0.4, 0.5) is 11.5 Å². The Labute approximate surface area is 122 Å². The van der Waals surface area contributed by atoms with Crippen molar-refractivity contribution in [1.82, 2.24) is 4.98 Å². The molecule has 0 saturated carbocycles. The van der Waals surface area contributed by atoms with Gasteiger partial charge in [0.15, 0.2) is 0 Å². The second-order valence-electron chi connectivity index (χ2n) is 4.57. The number of anilines is 2. The van der Waals surface area contributed by atoms with E-state index in [1.54, 1.807) is 12.3 Å². The van der Waals surface area contributed by atoms with Gasteiger partial charge in [-0.3, -0.25) is 4.79 Å². The van der Waals surface area contributed by atoms with Gasteiger partial charge in [0, 0.05) is 16.8 Å². The first-order valence-corrected chi connectivity index (χ1v) is 7.24. The smallest absolute Gasteiger partial charge is 0.234 e. The Bertz CT molecular complexity index is 611. The van der Waals surface area contributed by atoms with Crippen LogP contribution in [0.1, 0.15) is 11.1 Å². The summed E-state index contributed by atoms with van der Waals surface area (Å²) >= 11 is 1.44. The first-order valence-electron chi connectivity index (χ1n) is 6.26. The monoisotopic (exact) mass is 287 g/mol. The van der Waals surface area contributed by atoms with Crippen molar-refractivity contribution in [2.45, 2.75) is 18.7 Å². The molecule has 0 bridgehead atoms. The summed E-state index contributed by atoms with van der Waals surface area (Å²) in [7, 11) is 0. The highest BCUT2D eigenvalue weighted by molar-refractivity contribution is 8.00. The van der Waals surface area contributed by atoms with E-state index in [1.807, 2.05) is 38.1 Å². The van der Waals surface area contributed by atoms with Crippen molar-refractivity contribution in [1.29, 1.82) is 0 Å². The van der Waals surface area contributed by atoms with Gasteiger partial charge >= 0.3 is 0 Å². The molecule has 4 nitrogen and oxygen atoms in total. The molecule has 1 heterocycles. The molecule has 0 aliphatic carbocycles. The van der Waals surface area contributed by atoms with E-state index in [-0.39, 0.29) is 5.91 Å². The van der Waals surface area contributed by atoms with Crippen LogP contribution in [0.25, 0.3) is 0 Å². The van der Waals surface area contributed by atoms with Crippen LogP contribution in [-0.4, -0.2) is 16.6 Å². The molecule has 1 aromatic heterocycles. The van der Waals surface area contributed by atoms with Crippen molar-refractivity contribution < 1.29 is 4.79 Å². The van der Waals surface area contributed by atoms with Gasteiger partial charge in [0.2, 0.25) is 5.91 Å². The molecule has 0 saturated heterocycles. The molecule has 0 aliphatic rings. The molecule has 20 heavy (non-hydrogen) atoms. The van der Waals surface area contributed by atoms with E-state index < -0.39 is 0 Å². The highest BCUT2D eigenvalue weighted by Crippen LogP contribution is 2.19. The van der Waals surface area contributed by atoms with Crippen molar-refractivity contribution in [2.24, 2.45) is 0 Å². The number of hydrogen-bond donors (Lipinski definition) is 2. The summed E-state index contributed by atoms with van der Waals surface area (Å²) in [6.45, 7) is 4.02. The van der Waals surface area contributed by atoms with E-state index in [0.29, 0.717) is 11.6 Å². The van der Waals surface area contributed by atoms with Crippen molar-refractivity contribution in [3.8, 4) is 0 Å². The third-order valence-corrected chi connectivity index (χ3v) is 3.77. The quantitative estimate of drug-likeness (QED) is 0.848. The summed E-state index contributed by atoms with van der Waals surface area (Å²) in [6, 6.07) is 9.55. The minimum Gasteiger partial charge on any atom is -0.384 e. The SMILES string of the molecule is Cc1ccc(NC(=O)CSc2ccc(N)nc2)c(C)c1. The summed E-state index contributed by atoms with van der Waals surface area (Å²) in [6.07, 6.45) is 1.67. The number of carbonyl (C=O) groups excluding carboxylic acids is 1. The van der Waals surface area contributed by atoms with Crippen LogP contribution in [0, 0.1) is 13.8 Å². The lowest BCUT2D eigenvalue weighted by molar-refractivity contribution is -0.113. The molecule has 0 unspecified atom stereocenters. The lowest BCUT2D eigenvalue weighted by Crippen LogP contribution is -2.14. The van der Waals surface area contributed by atoms with Gasteiger partial charge in [-0.1, -0.05) is 17.7 Å². The van der Waals surface area contributed by atoms with Crippen molar-refractivity contribution >= 4 is 29.2 Å². The summed E-state index contributed by atoms with van der Waals surface area (Å²) in [5.74, 6) is 0.798. The number of rotatable bonds is 4. The number of amides is 1. The van der Waals surface area contributed by atoms with E-state index in [1.165, 1.54) is 17.3 Å². The Morgan fingerprint density at radius 2 is 2.10 bits per heavy atom.